The first-order valence-corrected chi connectivity index (χ1v) is 4.77. The number of aldehydes is 1. The van der Waals surface area contributed by atoms with Crippen LogP contribution in [0.4, 0.5) is 0 Å². The van der Waals surface area contributed by atoms with Gasteiger partial charge in [0.25, 0.3) is 0 Å². The lowest BCUT2D eigenvalue weighted by molar-refractivity contribution is -0.111. The molecule has 14 heavy (non-hydrogen) atoms. The van der Waals surface area contributed by atoms with E-state index in [1.165, 1.54) is 0 Å². The molecule has 0 aliphatic heterocycles. The van der Waals surface area contributed by atoms with Crippen LogP contribution in [-0.4, -0.2) is 6.29 Å². The molecule has 2 rings (SSSR count). The van der Waals surface area contributed by atoms with Crippen molar-refractivity contribution < 1.29 is 4.79 Å². The van der Waals surface area contributed by atoms with Crippen molar-refractivity contribution in [3.05, 3.63) is 35.9 Å². The highest BCUT2D eigenvalue weighted by Gasteiger charge is 2.49. The molecule has 1 heteroatoms. The average Bonchev–Trinajstić information content (AvgIpc) is 2.90. The molecular weight excluding hydrogens is 172 g/mol. The first-order valence-electron chi connectivity index (χ1n) is 4.77. The molecule has 1 saturated carbocycles. The van der Waals surface area contributed by atoms with Crippen molar-refractivity contribution >= 4 is 6.29 Å². The molecule has 1 fully saturated rings. The van der Waals surface area contributed by atoms with E-state index < -0.39 is 0 Å². The highest BCUT2D eigenvalue weighted by Crippen LogP contribution is 2.49. The summed E-state index contributed by atoms with van der Waals surface area (Å²) in [5, 5.41) is 0. The lowest BCUT2D eigenvalue weighted by Gasteiger charge is -1.92. The van der Waals surface area contributed by atoms with E-state index in [0.717, 1.165) is 18.3 Å². The summed E-state index contributed by atoms with van der Waals surface area (Å²) in [4.78, 5) is 10.6. The van der Waals surface area contributed by atoms with E-state index >= 15 is 0 Å². The van der Waals surface area contributed by atoms with Crippen molar-refractivity contribution in [2.45, 2.75) is 13.3 Å². The summed E-state index contributed by atoms with van der Waals surface area (Å²) < 4.78 is 0. The van der Waals surface area contributed by atoms with Crippen LogP contribution in [0.5, 0.6) is 0 Å². The monoisotopic (exact) mass is 184 g/mol. The molecule has 1 aromatic carbocycles. The predicted octanol–water partition coefficient (Wildman–Crippen LogP) is 2.26. The minimum atomic E-state index is -0.165. The molecule has 0 heterocycles. The molecule has 2 atom stereocenters. The number of carbonyl (C=O) groups is 1. The van der Waals surface area contributed by atoms with Crippen molar-refractivity contribution in [1.29, 1.82) is 0 Å². The quantitative estimate of drug-likeness (QED) is 0.483. The Hall–Kier alpha value is -1.55. The zero-order valence-corrected chi connectivity index (χ0v) is 8.16. The topological polar surface area (TPSA) is 17.1 Å². The van der Waals surface area contributed by atoms with Gasteiger partial charge in [-0.3, -0.25) is 0 Å². The Labute approximate surface area is 84.1 Å². The molecule has 1 aromatic rings. The van der Waals surface area contributed by atoms with Gasteiger partial charge in [-0.15, -0.1) is 0 Å². The summed E-state index contributed by atoms with van der Waals surface area (Å²) in [6.07, 6.45) is 1.94. The Morgan fingerprint density at radius 1 is 1.43 bits per heavy atom. The Balaban J connectivity index is 2.07. The molecule has 1 aliphatic carbocycles. The molecule has 1 unspecified atom stereocenters. The van der Waals surface area contributed by atoms with Gasteiger partial charge in [0.15, 0.2) is 0 Å². The molecule has 1 nitrogen and oxygen atoms in total. The molecule has 0 saturated heterocycles. The number of carbonyl (C=O) groups excluding carboxylic acids is 1. The highest BCUT2D eigenvalue weighted by atomic mass is 16.1. The Morgan fingerprint density at radius 3 is 2.71 bits per heavy atom. The van der Waals surface area contributed by atoms with Crippen molar-refractivity contribution in [2.24, 2.45) is 11.3 Å². The van der Waals surface area contributed by atoms with E-state index in [1.54, 1.807) is 0 Å². The maximum Gasteiger partial charge on any atom is 0.127 e. The Bertz CT molecular complexity index is 396. The maximum absolute atomic E-state index is 10.6. The van der Waals surface area contributed by atoms with Crippen LogP contribution < -0.4 is 0 Å². The van der Waals surface area contributed by atoms with Crippen LogP contribution in [0.1, 0.15) is 18.9 Å². The smallest absolute Gasteiger partial charge is 0.127 e. The number of hydrogen-bond acceptors (Lipinski definition) is 1. The second kappa shape index (κ2) is 3.31. The Morgan fingerprint density at radius 2 is 2.14 bits per heavy atom. The first-order chi connectivity index (χ1) is 6.74. The molecule has 0 spiro atoms. The van der Waals surface area contributed by atoms with Crippen molar-refractivity contribution in [1.82, 2.24) is 0 Å². The third-order valence-corrected chi connectivity index (χ3v) is 2.71. The summed E-state index contributed by atoms with van der Waals surface area (Å²) in [5.41, 5.74) is 0.856. The van der Waals surface area contributed by atoms with Gasteiger partial charge < -0.3 is 4.79 Å². The minimum absolute atomic E-state index is 0.165. The van der Waals surface area contributed by atoms with E-state index in [9.17, 15) is 4.79 Å². The van der Waals surface area contributed by atoms with Gasteiger partial charge in [0.1, 0.15) is 6.29 Å². The van der Waals surface area contributed by atoms with E-state index in [-0.39, 0.29) is 11.3 Å². The first kappa shape index (κ1) is 9.02. The number of rotatable bonds is 1. The zero-order chi connectivity index (χ0) is 10.0. The van der Waals surface area contributed by atoms with Crippen LogP contribution >= 0.6 is 0 Å². The SMILES string of the molecule is C[C@@]1(C=O)CC1C#Cc1ccccc1. The van der Waals surface area contributed by atoms with Crippen molar-refractivity contribution in [3.8, 4) is 11.8 Å². The van der Waals surface area contributed by atoms with E-state index in [4.69, 9.17) is 0 Å². The van der Waals surface area contributed by atoms with Gasteiger partial charge in [0.05, 0.1) is 0 Å². The second-order valence-electron chi connectivity index (χ2n) is 4.02. The highest BCUT2D eigenvalue weighted by molar-refractivity contribution is 5.65. The van der Waals surface area contributed by atoms with Crippen LogP contribution in [0.3, 0.4) is 0 Å². The summed E-state index contributed by atoms with van der Waals surface area (Å²) >= 11 is 0. The van der Waals surface area contributed by atoms with Gasteiger partial charge in [0.2, 0.25) is 0 Å². The van der Waals surface area contributed by atoms with Crippen molar-refractivity contribution in [2.75, 3.05) is 0 Å². The molecule has 0 amide bonds. The second-order valence-corrected chi connectivity index (χ2v) is 4.02. The third kappa shape index (κ3) is 1.70. The lowest BCUT2D eigenvalue weighted by atomic mass is 10.1. The fourth-order valence-corrected chi connectivity index (χ4v) is 1.42. The molecule has 0 N–H and O–H groups in total. The summed E-state index contributed by atoms with van der Waals surface area (Å²) in [7, 11) is 0. The number of benzene rings is 1. The summed E-state index contributed by atoms with van der Waals surface area (Å²) in [6, 6.07) is 9.87. The van der Waals surface area contributed by atoms with Gasteiger partial charge in [-0.2, -0.15) is 0 Å². The standard InChI is InChI=1S/C13H12O/c1-13(10-14)9-12(13)8-7-11-5-3-2-4-6-11/h2-6,10,12H,9H2,1H3/t12?,13-/m0/s1. The van der Waals surface area contributed by atoms with Crippen LogP contribution in [0.25, 0.3) is 0 Å². The van der Waals surface area contributed by atoms with Crippen molar-refractivity contribution in [3.63, 3.8) is 0 Å². The third-order valence-electron chi connectivity index (χ3n) is 2.71. The minimum Gasteiger partial charge on any atom is -0.303 e. The summed E-state index contributed by atoms with van der Waals surface area (Å²) in [6.45, 7) is 1.96. The van der Waals surface area contributed by atoms with Gasteiger partial charge in [-0.25, -0.2) is 0 Å². The normalized spacial score (nSPS) is 28.8. The van der Waals surface area contributed by atoms with Crippen LogP contribution in [0.15, 0.2) is 30.3 Å². The van der Waals surface area contributed by atoms with E-state index in [0.29, 0.717) is 0 Å². The summed E-state index contributed by atoms with van der Waals surface area (Å²) in [5.74, 6) is 6.48. The Kier molecular flexibility index (Phi) is 2.13. The lowest BCUT2D eigenvalue weighted by Crippen LogP contribution is -1.96. The molecule has 1 aliphatic rings. The maximum atomic E-state index is 10.6. The van der Waals surface area contributed by atoms with Gasteiger partial charge in [0, 0.05) is 16.9 Å². The van der Waals surface area contributed by atoms with Gasteiger partial charge in [-0.05, 0) is 18.6 Å². The van der Waals surface area contributed by atoms with Gasteiger partial charge >= 0.3 is 0 Å². The average molecular weight is 184 g/mol. The number of hydrogen-bond donors (Lipinski definition) is 0. The fraction of sp³-hybridized carbons (Fsp3) is 0.308. The predicted molar refractivity (Wildman–Crippen MR) is 55.6 cm³/mol. The van der Waals surface area contributed by atoms with Crippen LogP contribution in [-0.2, 0) is 4.79 Å². The molecule has 0 radical (unpaired) electrons. The van der Waals surface area contributed by atoms with E-state index in [2.05, 4.69) is 11.8 Å². The molecule has 70 valence electrons. The van der Waals surface area contributed by atoms with Crippen LogP contribution in [0.2, 0.25) is 0 Å². The fourth-order valence-electron chi connectivity index (χ4n) is 1.42. The largest absolute Gasteiger partial charge is 0.303 e. The molecular formula is C13H12O. The van der Waals surface area contributed by atoms with Gasteiger partial charge in [-0.1, -0.05) is 37.0 Å². The van der Waals surface area contributed by atoms with E-state index in [1.807, 2.05) is 37.3 Å². The molecule has 0 aromatic heterocycles. The molecule has 0 bridgehead atoms. The van der Waals surface area contributed by atoms with Crippen LogP contribution in [0, 0.1) is 23.2 Å². The zero-order valence-electron chi connectivity index (χ0n) is 8.16.